The zero-order valence-electron chi connectivity index (χ0n) is 10.7. The van der Waals surface area contributed by atoms with Crippen molar-refractivity contribution in [2.75, 3.05) is 0 Å². The van der Waals surface area contributed by atoms with Crippen molar-refractivity contribution in [3.8, 4) is 0 Å². The van der Waals surface area contributed by atoms with Crippen molar-refractivity contribution in [2.45, 2.75) is 38.0 Å². The molecule has 2 aromatic rings. The SMILES string of the molecule is NC(=O)c1cc(Br)cc2c(C3CCCCC3)c[nH]c12. The number of primary amides is 1. The molecule has 1 aromatic heterocycles. The molecule has 1 fully saturated rings. The molecule has 0 bridgehead atoms. The molecule has 1 amide bonds. The van der Waals surface area contributed by atoms with Crippen molar-refractivity contribution >= 4 is 32.7 Å². The summed E-state index contributed by atoms with van der Waals surface area (Å²) >= 11 is 3.47. The van der Waals surface area contributed by atoms with E-state index in [1.165, 1.54) is 37.7 Å². The van der Waals surface area contributed by atoms with Gasteiger partial charge in [-0.3, -0.25) is 4.79 Å². The molecule has 0 spiro atoms. The van der Waals surface area contributed by atoms with Gasteiger partial charge in [-0.25, -0.2) is 0 Å². The van der Waals surface area contributed by atoms with Crippen molar-refractivity contribution in [1.29, 1.82) is 0 Å². The molecule has 0 radical (unpaired) electrons. The lowest BCUT2D eigenvalue weighted by Crippen LogP contribution is -2.11. The number of benzene rings is 1. The fraction of sp³-hybridized carbons (Fsp3) is 0.400. The van der Waals surface area contributed by atoms with Gasteiger partial charge in [-0.15, -0.1) is 0 Å². The number of carbonyl (C=O) groups excluding carboxylic acids is 1. The second-order valence-electron chi connectivity index (χ2n) is 5.32. The Balaban J connectivity index is 2.14. The fourth-order valence-electron chi connectivity index (χ4n) is 3.16. The summed E-state index contributed by atoms with van der Waals surface area (Å²) in [5.74, 6) is 0.223. The van der Waals surface area contributed by atoms with Crippen LogP contribution in [-0.2, 0) is 0 Å². The van der Waals surface area contributed by atoms with Crippen molar-refractivity contribution in [2.24, 2.45) is 5.73 Å². The minimum absolute atomic E-state index is 0.386. The molecule has 1 aliphatic carbocycles. The van der Waals surface area contributed by atoms with Crippen molar-refractivity contribution in [3.05, 3.63) is 33.9 Å². The summed E-state index contributed by atoms with van der Waals surface area (Å²) < 4.78 is 0.908. The number of nitrogens with one attached hydrogen (secondary N) is 1. The van der Waals surface area contributed by atoms with Crippen molar-refractivity contribution < 1.29 is 4.79 Å². The second kappa shape index (κ2) is 5.00. The first-order valence-corrected chi connectivity index (χ1v) is 7.56. The van der Waals surface area contributed by atoms with Crippen LogP contribution < -0.4 is 5.73 Å². The first-order valence-electron chi connectivity index (χ1n) is 6.77. The van der Waals surface area contributed by atoms with Gasteiger partial charge in [-0.05, 0) is 36.5 Å². The van der Waals surface area contributed by atoms with E-state index in [0.29, 0.717) is 11.5 Å². The van der Waals surface area contributed by atoms with Gasteiger partial charge in [-0.1, -0.05) is 35.2 Å². The summed E-state index contributed by atoms with van der Waals surface area (Å²) in [6.07, 6.45) is 8.48. The molecule has 1 aliphatic rings. The van der Waals surface area contributed by atoms with Gasteiger partial charge in [0.05, 0.1) is 11.1 Å². The van der Waals surface area contributed by atoms with E-state index in [2.05, 4.69) is 33.2 Å². The normalized spacial score (nSPS) is 16.9. The average molecular weight is 321 g/mol. The Morgan fingerprint density at radius 3 is 2.68 bits per heavy atom. The summed E-state index contributed by atoms with van der Waals surface area (Å²) in [5, 5.41) is 1.13. The van der Waals surface area contributed by atoms with E-state index in [-0.39, 0.29) is 5.91 Å². The molecule has 1 heterocycles. The van der Waals surface area contributed by atoms with Crippen molar-refractivity contribution in [1.82, 2.24) is 4.98 Å². The molecule has 4 heteroatoms. The van der Waals surface area contributed by atoms with Crippen LogP contribution in [0.5, 0.6) is 0 Å². The molecule has 0 saturated heterocycles. The Morgan fingerprint density at radius 1 is 1.26 bits per heavy atom. The second-order valence-corrected chi connectivity index (χ2v) is 6.23. The number of aromatic nitrogens is 1. The number of H-pyrrole nitrogens is 1. The zero-order valence-corrected chi connectivity index (χ0v) is 12.3. The predicted octanol–water partition coefficient (Wildman–Crippen LogP) is 4.08. The number of aromatic amines is 1. The minimum atomic E-state index is -0.386. The monoisotopic (exact) mass is 320 g/mol. The number of rotatable bonds is 2. The average Bonchev–Trinajstić information content (AvgIpc) is 2.82. The van der Waals surface area contributed by atoms with E-state index in [1.54, 1.807) is 6.07 Å². The predicted molar refractivity (Wildman–Crippen MR) is 80.3 cm³/mol. The molecule has 0 atom stereocenters. The third-order valence-electron chi connectivity index (χ3n) is 4.10. The topological polar surface area (TPSA) is 58.9 Å². The maximum absolute atomic E-state index is 11.5. The van der Waals surface area contributed by atoms with Crippen molar-refractivity contribution in [3.63, 3.8) is 0 Å². The third-order valence-corrected chi connectivity index (χ3v) is 4.55. The lowest BCUT2D eigenvalue weighted by molar-refractivity contribution is 0.100. The Hall–Kier alpha value is -1.29. The first kappa shape index (κ1) is 12.7. The molecule has 1 aromatic carbocycles. The molecular weight excluding hydrogens is 304 g/mol. The number of hydrogen-bond acceptors (Lipinski definition) is 1. The molecule has 19 heavy (non-hydrogen) atoms. The van der Waals surface area contributed by atoms with Gasteiger partial charge in [-0.2, -0.15) is 0 Å². The molecule has 3 rings (SSSR count). The van der Waals surface area contributed by atoms with E-state index >= 15 is 0 Å². The van der Waals surface area contributed by atoms with E-state index < -0.39 is 0 Å². The Morgan fingerprint density at radius 2 is 2.00 bits per heavy atom. The van der Waals surface area contributed by atoms with Crippen LogP contribution in [0.2, 0.25) is 0 Å². The molecule has 3 nitrogen and oxygen atoms in total. The van der Waals surface area contributed by atoms with E-state index in [0.717, 1.165) is 15.4 Å². The quantitative estimate of drug-likeness (QED) is 0.860. The van der Waals surface area contributed by atoms with Crippen LogP contribution in [0.1, 0.15) is 53.9 Å². The summed E-state index contributed by atoms with van der Waals surface area (Å²) in [4.78, 5) is 14.8. The van der Waals surface area contributed by atoms with Crippen LogP contribution in [0.25, 0.3) is 10.9 Å². The number of amides is 1. The van der Waals surface area contributed by atoms with Gasteiger partial charge in [0.2, 0.25) is 0 Å². The Kier molecular flexibility index (Phi) is 3.35. The Bertz CT molecular complexity index is 626. The number of halogens is 1. The van der Waals surface area contributed by atoms with Gasteiger partial charge in [0, 0.05) is 16.1 Å². The summed E-state index contributed by atoms with van der Waals surface area (Å²) in [6, 6.07) is 3.87. The van der Waals surface area contributed by atoms with Gasteiger partial charge >= 0.3 is 0 Å². The van der Waals surface area contributed by atoms with Crippen LogP contribution in [0.4, 0.5) is 0 Å². The minimum Gasteiger partial charge on any atom is -0.366 e. The number of carbonyl (C=O) groups is 1. The van der Waals surface area contributed by atoms with Gasteiger partial charge in [0.25, 0.3) is 5.91 Å². The number of fused-ring (bicyclic) bond motifs is 1. The van der Waals surface area contributed by atoms with Gasteiger partial charge in [0.1, 0.15) is 0 Å². The molecule has 0 unspecified atom stereocenters. The fourth-order valence-corrected chi connectivity index (χ4v) is 3.62. The van der Waals surface area contributed by atoms with Gasteiger partial charge < -0.3 is 10.7 Å². The Labute approximate surface area is 120 Å². The summed E-state index contributed by atoms with van der Waals surface area (Å²) in [6.45, 7) is 0. The van der Waals surface area contributed by atoms with Crippen LogP contribution in [0, 0.1) is 0 Å². The van der Waals surface area contributed by atoms with Gasteiger partial charge in [0.15, 0.2) is 0 Å². The van der Waals surface area contributed by atoms with Crippen LogP contribution >= 0.6 is 15.9 Å². The highest BCUT2D eigenvalue weighted by molar-refractivity contribution is 9.10. The number of nitrogens with two attached hydrogens (primary N) is 1. The first-order chi connectivity index (χ1) is 9.16. The smallest absolute Gasteiger partial charge is 0.250 e. The lowest BCUT2D eigenvalue weighted by atomic mass is 9.84. The van der Waals surface area contributed by atoms with E-state index in [9.17, 15) is 4.79 Å². The molecule has 3 N–H and O–H groups in total. The molecular formula is C15H17BrN2O. The number of hydrogen-bond donors (Lipinski definition) is 2. The molecule has 100 valence electrons. The zero-order chi connectivity index (χ0) is 13.4. The molecule has 0 aliphatic heterocycles. The van der Waals surface area contributed by atoms with E-state index in [4.69, 9.17) is 5.73 Å². The maximum Gasteiger partial charge on any atom is 0.250 e. The van der Waals surface area contributed by atoms with Crippen LogP contribution in [0.3, 0.4) is 0 Å². The van der Waals surface area contributed by atoms with Crippen LogP contribution in [-0.4, -0.2) is 10.9 Å². The summed E-state index contributed by atoms with van der Waals surface area (Å²) in [7, 11) is 0. The lowest BCUT2D eigenvalue weighted by Gasteiger charge is -2.21. The molecule has 1 saturated carbocycles. The van der Waals surface area contributed by atoms with E-state index in [1.807, 2.05) is 0 Å². The highest BCUT2D eigenvalue weighted by atomic mass is 79.9. The highest BCUT2D eigenvalue weighted by Gasteiger charge is 2.20. The van der Waals surface area contributed by atoms with Crippen LogP contribution in [0.15, 0.2) is 22.8 Å². The highest BCUT2D eigenvalue weighted by Crippen LogP contribution is 2.38. The standard InChI is InChI=1S/C15H17BrN2O/c16-10-6-11-13(9-4-2-1-3-5-9)8-18-14(11)12(7-10)15(17)19/h6-9,18H,1-5H2,(H2,17,19). The largest absolute Gasteiger partial charge is 0.366 e. The third kappa shape index (κ3) is 2.29. The summed E-state index contributed by atoms with van der Waals surface area (Å²) in [5.41, 5.74) is 8.22. The maximum atomic E-state index is 11.5.